The van der Waals surface area contributed by atoms with E-state index in [1.54, 1.807) is 6.20 Å². The Balaban J connectivity index is 1.80. The summed E-state index contributed by atoms with van der Waals surface area (Å²) in [6.07, 6.45) is 1.97. The van der Waals surface area contributed by atoms with Crippen LogP contribution in [-0.2, 0) is 11.2 Å². The van der Waals surface area contributed by atoms with Gasteiger partial charge in [0.2, 0.25) is 5.91 Å². The number of nitro benzene ring substituents is 1. The Bertz CT molecular complexity index is 996. The van der Waals surface area contributed by atoms with Crippen molar-refractivity contribution in [2.75, 3.05) is 0 Å². The molecule has 2 amide bonds. The quantitative estimate of drug-likeness (QED) is 0.462. The Labute approximate surface area is 148 Å². The fourth-order valence-corrected chi connectivity index (χ4v) is 2.75. The molecule has 3 rings (SSSR count). The van der Waals surface area contributed by atoms with Crippen molar-refractivity contribution in [3.05, 3.63) is 76.0 Å². The molecule has 0 saturated heterocycles. The molecule has 0 aliphatic heterocycles. The molecule has 132 valence electrons. The lowest BCUT2D eigenvalue weighted by Gasteiger charge is -2.15. The Morgan fingerprint density at radius 3 is 2.69 bits per heavy atom. The number of aromatic nitrogens is 1. The van der Waals surface area contributed by atoms with E-state index in [0.717, 1.165) is 22.5 Å². The van der Waals surface area contributed by atoms with Gasteiger partial charge in [-0.25, -0.2) is 0 Å². The van der Waals surface area contributed by atoms with Crippen LogP contribution in [0.15, 0.2) is 54.7 Å². The number of benzene rings is 2. The Hall–Kier alpha value is -3.68. The number of carbonyl (C=O) groups is 2. The van der Waals surface area contributed by atoms with Gasteiger partial charge in [-0.3, -0.25) is 19.7 Å². The highest BCUT2D eigenvalue weighted by atomic mass is 16.6. The van der Waals surface area contributed by atoms with E-state index < -0.39 is 22.8 Å². The van der Waals surface area contributed by atoms with Crippen LogP contribution in [0.25, 0.3) is 10.9 Å². The van der Waals surface area contributed by atoms with E-state index in [0.29, 0.717) is 0 Å². The zero-order chi connectivity index (χ0) is 18.7. The number of carbonyl (C=O) groups excluding carboxylic acids is 2. The Morgan fingerprint density at radius 1 is 1.19 bits per heavy atom. The second kappa shape index (κ2) is 7.06. The molecule has 1 heterocycles. The van der Waals surface area contributed by atoms with Gasteiger partial charge < -0.3 is 16.0 Å². The molecule has 4 N–H and O–H groups in total. The summed E-state index contributed by atoms with van der Waals surface area (Å²) in [5.74, 6) is -1.29. The molecule has 0 radical (unpaired) electrons. The summed E-state index contributed by atoms with van der Waals surface area (Å²) in [4.78, 5) is 37.5. The van der Waals surface area contributed by atoms with Crippen molar-refractivity contribution in [2.45, 2.75) is 12.5 Å². The largest absolute Gasteiger partial charge is 0.368 e. The molecule has 26 heavy (non-hydrogen) atoms. The molecule has 0 saturated carbocycles. The van der Waals surface area contributed by atoms with E-state index >= 15 is 0 Å². The maximum absolute atomic E-state index is 12.4. The number of H-pyrrole nitrogens is 1. The van der Waals surface area contributed by atoms with E-state index in [1.807, 2.05) is 24.3 Å². The summed E-state index contributed by atoms with van der Waals surface area (Å²) in [5, 5.41) is 14.3. The number of para-hydroxylation sites is 1. The fraction of sp³-hybridized carbons (Fsp3) is 0.111. The first-order valence-corrected chi connectivity index (χ1v) is 7.85. The van der Waals surface area contributed by atoms with Crippen molar-refractivity contribution < 1.29 is 14.5 Å². The first-order chi connectivity index (χ1) is 12.5. The van der Waals surface area contributed by atoms with Crippen LogP contribution in [0.2, 0.25) is 0 Å². The summed E-state index contributed by atoms with van der Waals surface area (Å²) < 4.78 is 0. The van der Waals surface area contributed by atoms with Crippen LogP contribution >= 0.6 is 0 Å². The van der Waals surface area contributed by atoms with Crippen molar-refractivity contribution >= 4 is 28.4 Å². The summed E-state index contributed by atoms with van der Waals surface area (Å²) in [5.41, 5.74) is 7.06. The van der Waals surface area contributed by atoms with Gasteiger partial charge in [0, 0.05) is 41.2 Å². The first-order valence-electron chi connectivity index (χ1n) is 7.85. The lowest BCUT2D eigenvalue weighted by Crippen LogP contribution is -2.45. The van der Waals surface area contributed by atoms with Gasteiger partial charge in [0.1, 0.15) is 6.04 Å². The summed E-state index contributed by atoms with van der Waals surface area (Å²) >= 11 is 0. The molecule has 0 spiro atoms. The second-order valence-corrected chi connectivity index (χ2v) is 5.80. The minimum absolute atomic E-state index is 0.0874. The van der Waals surface area contributed by atoms with Crippen molar-refractivity contribution in [1.82, 2.24) is 10.3 Å². The van der Waals surface area contributed by atoms with Gasteiger partial charge in [-0.2, -0.15) is 0 Å². The smallest absolute Gasteiger partial charge is 0.270 e. The molecular formula is C18H16N4O4. The minimum Gasteiger partial charge on any atom is -0.368 e. The average molecular weight is 352 g/mol. The van der Waals surface area contributed by atoms with Gasteiger partial charge in [-0.05, 0) is 17.7 Å². The van der Waals surface area contributed by atoms with Gasteiger partial charge in [0.15, 0.2) is 0 Å². The third kappa shape index (κ3) is 3.54. The van der Waals surface area contributed by atoms with Gasteiger partial charge in [-0.1, -0.05) is 24.3 Å². The standard InChI is InChI=1S/C18H16N4O4/c19-17(23)16(9-12-10-20-15-7-2-1-6-14(12)15)21-18(24)11-4-3-5-13(8-11)22(25)26/h1-8,10,16,20H,9H2,(H2,19,23)(H,21,24)/t16-/m1/s1. The van der Waals surface area contributed by atoms with Gasteiger partial charge in [-0.15, -0.1) is 0 Å². The lowest BCUT2D eigenvalue weighted by atomic mass is 10.0. The van der Waals surface area contributed by atoms with Crippen LogP contribution in [0.4, 0.5) is 5.69 Å². The molecule has 0 unspecified atom stereocenters. The van der Waals surface area contributed by atoms with Gasteiger partial charge in [0.05, 0.1) is 4.92 Å². The van der Waals surface area contributed by atoms with Crippen molar-refractivity contribution in [2.24, 2.45) is 5.73 Å². The third-order valence-corrected chi connectivity index (χ3v) is 4.07. The number of hydrogen-bond acceptors (Lipinski definition) is 4. The number of nitro groups is 1. The van der Waals surface area contributed by atoms with Crippen molar-refractivity contribution in [3.63, 3.8) is 0 Å². The molecule has 0 fully saturated rings. The van der Waals surface area contributed by atoms with Crippen molar-refractivity contribution in [3.8, 4) is 0 Å². The monoisotopic (exact) mass is 352 g/mol. The van der Waals surface area contributed by atoms with Crippen LogP contribution in [0.1, 0.15) is 15.9 Å². The molecule has 1 atom stereocenters. The molecule has 3 aromatic rings. The minimum atomic E-state index is -0.944. The molecule has 8 nitrogen and oxygen atoms in total. The number of primary amides is 1. The molecule has 0 aliphatic rings. The zero-order valence-corrected chi connectivity index (χ0v) is 13.6. The van der Waals surface area contributed by atoms with E-state index in [-0.39, 0.29) is 17.7 Å². The highest BCUT2D eigenvalue weighted by Gasteiger charge is 2.21. The number of nitrogens with two attached hydrogens (primary N) is 1. The predicted molar refractivity (Wildman–Crippen MR) is 95.5 cm³/mol. The topological polar surface area (TPSA) is 131 Å². The highest BCUT2D eigenvalue weighted by molar-refractivity contribution is 5.98. The van der Waals surface area contributed by atoms with Crippen LogP contribution in [0, 0.1) is 10.1 Å². The van der Waals surface area contributed by atoms with Crippen LogP contribution in [0.5, 0.6) is 0 Å². The molecular weight excluding hydrogens is 336 g/mol. The van der Waals surface area contributed by atoms with E-state index in [9.17, 15) is 19.7 Å². The van der Waals surface area contributed by atoms with E-state index in [2.05, 4.69) is 10.3 Å². The van der Waals surface area contributed by atoms with Gasteiger partial charge >= 0.3 is 0 Å². The van der Waals surface area contributed by atoms with Gasteiger partial charge in [0.25, 0.3) is 11.6 Å². The number of fused-ring (bicyclic) bond motifs is 1. The summed E-state index contributed by atoms with van der Waals surface area (Å²) in [6.45, 7) is 0. The number of nitrogens with one attached hydrogen (secondary N) is 2. The lowest BCUT2D eigenvalue weighted by molar-refractivity contribution is -0.384. The van der Waals surface area contributed by atoms with Crippen molar-refractivity contribution in [1.29, 1.82) is 0 Å². The predicted octanol–water partition coefficient (Wildman–Crippen LogP) is 1.90. The molecule has 0 bridgehead atoms. The Kier molecular flexibility index (Phi) is 4.66. The maximum atomic E-state index is 12.4. The van der Waals surface area contributed by atoms with E-state index in [1.165, 1.54) is 18.2 Å². The van der Waals surface area contributed by atoms with Crippen LogP contribution in [0.3, 0.4) is 0 Å². The second-order valence-electron chi connectivity index (χ2n) is 5.80. The molecule has 1 aromatic heterocycles. The summed E-state index contributed by atoms with van der Waals surface area (Å²) in [6, 6.07) is 11.9. The van der Waals surface area contributed by atoms with E-state index in [4.69, 9.17) is 5.73 Å². The third-order valence-electron chi connectivity index (χ3n) is 4.07. The average Bonchev–Trinajstić information content (AvgIpc) is 3.04. The maximum Gasteiger partial charge on any atom is 0.270 e. The molecule has 0 aliphatic carbocycles. The molecule has 2 aromatic carbocycles. The van der Waals surface area contributed by atoms with Crippen LogP contribution < -0.4 is 11.1 Å². The normalized spacial score (nSPS) is 11.8. The number of rotatable bonds is 6. The molecule has 8 heteroatoms. The Morgan fingerprint density at radius 2 is 1.96 bits per heavy atom. The number of aromatic amines is 1. The SMILES string of the molecule is NC(=O)[C@@H](Cc1c[nH]c2ccccc12)NC(=O)c1cccc([N+](=O)[O-])c1. The summed E-state index contributed by atoms with van der Waals surface area (Å²) in [7, 11) is 0. The number of hydrogen-bond donors (Lipinski definition) is 3. The fourth-order valence-electron chi connectivity index (χ4n) is 2.75. The number of non-ortho nitro benzene ring substituents is 1. The number of nitrogens with zero attached hydrogens (tertiary/aromatic N) is 1. The first kappa shape index (κ1) is 17.2. The number of amides is 2. The highest BCUT2D eigenvalue weighted by Crippen LogP contribution is 2.19. The zero-order valence-electron chi connectivity index (χ0n) is 13.6. The van der Waals surface area contributed by atoms with Crippen LogP contribution in [-0.4, -0.2) is 27.8 Å².